The monoisotopic (exact) mass is 435 g/mol. The summed E-state index contributed by atoms with van der Waals surface area (Å²) in [7, 11) is 0. The second-order valence-electron chi connectivity index (χ2n) is 7.96. The first kappa shape index (κ1) is 22.4. The number of hydrogen-bond acceptors (Lipinski definition) is 6. The Labute approximate surface area is 187 Å². The first-order valence-corrected chi connectivity index (χ1v) is 11.0. The first-order valence-electron chi connectivity index (χ1n) is 11.0. The molecular weight excluding hydrogens is 406 g/mol. The molecule has 0 amide bonds. The van der Waals surface area contributed by atoms with Crippen molar-refractivity contribution in [2.24, 2.45) is 0 Å². The van der Waals surface area contributed by atoms with Crippen LogP contribution in [0.2, 0.25) is 0 Å². The molecule has 0 atom stereocenters. The lowest BCUT2D eigenvalue weighted by molar-refractivity contribution is 0.0561. The second-order valence-corrected chi connectivity index (χ2v) is 7.96. The molecule has 0 saturated carbocycles. The molecule has 1 fully saturated rings. The van der Waals surface area contributed by atoms with Crippen LogP contribution in [0.1, 0.15) is 15.9 Å². The summed E-state index contributed by atoms with van der Waals surface area (Å²) >= 11 is 0. The van der Waals surface area contributed by atoms with Gasteiger partial charge in [0.1, 0.15) is 0 Å². The van der Waals surface area contributed by atoms with E-state index in [9.17, 15) is 9.90 Å². The number of carboxylic acid groups (broad SMARTS) is 1. The third-order valence-electron chi connectivity index (χ3n) is 5.89. The topological polar surface area (TPSA) is 86.1 Å². The van der Waals surface area contributed by atoms with E-state index in [-0.39, 0.29) is 6.61 Å². The minimum absolute atomic E-state index is 0.0449. The number of benzene rings is 2. The van der Waals surface area contributed by atoms with Crippen molar-refractivity contribution < 1.29 is 19.7 Å². The molecule has 2 N–H and O–H groups in total. The largest absolute Gasteiger partial charge is 0.478 e. The molecule has 7 nitrogen and oxygen atoms in total. The number of rotatable bonds is 9. The summed E-state index contributed by atoms with van der Waals surface area (Å²) in [4.78, 5) is 21.9. The van der Waals surface area contributed by atoms with Crippen molar-refractivity contribution in [3.05, 3.63) is 65.7 Å². The van der Waals surface area contributed by atoms with Gasteiger partial charge in [0, 0.05) is 55.8 Å². The molecular formula is C25H29N3O4. The van der Waals surface area contributed by atoms with Crippen LogP contribution in [0.5, 0.6) is 0 Å². The maximum atomic E-state index is 12.4. The summed E-state index contributed by atoms with van der Waals surface area (Å²) in [5.41, 5.74) is 3.47. The van der Waals surface area contributed by atoms with Gasteiger partial charge in [-0.1, -0.05) is 48.5 Å². The molecule has 32 heavy (non-hydrogen) atoms. The number of aliphatic hydroxyl groups is 1. The van der Waals surface area contributed by atoms with Gasteiger partial charge in [0.15, 0.2) is 0 Å². The van der Waals surface area contributed by atoms with E-state index < -0.39 is 5.97 Å². The van der Waals surface area contributed by atoms with Crippen molar-refractivity contribution in [2.75, 3.05) is 52.5 Å². The number of aromatic carboxylic acids is 1. The number of nitrogens with zero attached hydrogens (tertiary/aromatic N) is 3. The van der Waals surface area contributed by atoms with E-state index in [1.165, 1.54) is 0 Å². The Morgan fingerprint density at radius 3 is 2.34 bits per heavy atom. The maximum Gasteiger partial charge on any atom is 0.336 e. The van der Waals surface area contributed by atoms with E-state index >= 15 is 0 Å². The van der Waals surface area contributed by atoms with Gasteiger partial charge in [-0.15, -0.1) is 0 Å². The molecule has 1 aliphatic rings. The third-order valence-corrected chi connectivity index (χ3v) is 5.89. The van der Waals surface area contributed by atoms with Crippen LogP contribution in [-0.4, -0.2) is 83.5 Å². The van der Waals surface area contributed by atoms with Gasteiger partial charge in [-0.2, -0.15) is 0 Å². The maximum absolute atomic E-state index is 12.4. The summed E-state index contributed by atoms with van der Waals surface area (Å²) < 4.78 is 5.38. The number of fused-ring (bicyclic) bond motifs is 1. The Morgan fingerprint density at radius 2 is 1.62 bits per heavy atom. The number of aromatic nitrogens is 1. The number of hydrogen-bond donors (Lipinski definition) is 2. The number of para-hydroxylation sites is 1. The van der Waals surface area contributed by atoms with Gasteiger partial charge in [-0.05, 0) is 6.07 Å². The fourth-order valence-electron chi connectivity index (χ4n) is 4.24. The summed E-state index contributed by atoms with van der Waals surface area (Å²) in [6, 6.07) is 17.3. The van der Waals surface area contributed by atoms with E-state index in [4.69, 9.17) is 14.8 Å². The zero-order chi connectivity index (χ0) is 22.3. The number of piperazine rings is 1. The molecule has 0 spiro atoms. The lowest BCUT2D eigenvalue weighted by Gasteiger charge is -2.35. The first-order chi connectivity index (χ1) is 15.7. The fraction of sp³-hybridized carbons (Fsp3) is 0.360. The lowest BCUT2D eigenvalue weighted by Crippen LogP contribution is -2.47. The quantitative estimate of drug-likeness (QED) is 0.500. The van der Waals surface area contributed by atoms with E-state index in [1.807, 2.05) is 54.6 Å². The Kier molecular flexibility index (Phi) is 7.44. The standard InChI is InChI=1S/C25H29N3O4/c29-15-17-32-16-14-27-10-12-28(13-11-27)18-21-23(25(30)31)20-8-4-5-9-22(20)26-24(21)19-6-2-1-3-7-19/h1-9,29H,10-18H2,(H,30,31). The van der Waals surface area contributed by atoms with Gasteiger partial charge < -0.3 is 14.9 Å². The molecule has 3 aromatic rings. The molecule has 7 heteroatoms. The van der Waals surface area contributed by atoms with E-state index in [0.717, 1.165) is 49.5 Å². The Hall–Kier alpha value is -2.84. The average Bonchev–Trinajstić information content (AvgIpc) is 2.82. The number of carbonyl (C=O) groups is 1. The number of carboxylic acids is 1. The summed E-state index contributed by atoms with van der Waals surface area (Å²) in [5, 5.41) is 19.7. The van der Waals surface area contributed by atoms with Crippen LogP contribution in [0.25, 0.3) is 22.2 Å². The Bertz CT molecular complexity index is 1050. The zero-order valence-corrected chi connectivity index (χ0v) is 18.1. The van der Waals surface area contributed by atoms with Gasteiger partial charge in [0.05, 0.1) is 36.6 Å². The van der Waals surface area contributed by atoms with Crippen LogP contribution >= 0.6 is 0 Å². The van der Waals surface area contributed by atoms with Crippen molar-refractivity contribution in [3.63, 3.8) is 0 Å². The van der Waals surface area contributed by atoms with Crippen LogP contribution in [-0.2, 0) is 11.3 Å². The van der Waals surface area contributed by atoms with Crippen molar-refractivity contribution in [3.8, 4) is 11.3 Å². The van der Waals surface area contributed by atoms with E-state index in [0.29, 0.717) is 36.2 Å². The molecule has 1 saturated heterocycles. The Morgan fingerprint density at radius 1 is 0.938 bits per heavy atom. The van der Waals surface area contributed by atoms with Crippen molar-refractivity contribution >= 4 is 16.9 Å². The predicted molar refractivity (Wildman–Crippen MR) is 124 cm³/mol. The molecule has 4 rings (SSSR count). The van der Waals surface area contributed by atoms with Crippen molar-refractivity contribution in [2.45, 2.75) is 6.54 Å². The number of pyridine rings is 1. The highest BCUT2D eigenvalue weighted by Gasteiger charge is 2.24. The molecule has 168 valence electrons. The van der Waals surface area contributed by atoms with Gasteiger partial charge in [0.2, 0.25) is 0 Å². The lowest BCUT2D eigenvalue weighted by atomic mass is 9.96. The smallest absolute Gasteiger partial charge is 0.336 e. The molecule has 0 aliphatic carbocycles. The van der Waals surface area contributed by atoms with Gasteiger partial charge in [-0.3, -0.25) is 9.80 Å². The molecule has 1 aromatic heterocycles. The van der Waals surface area contributed by atoms with Crippen LogP contribution in [0.4, 0.5) is 0 Å². The predicted octanol–water partition coefficient (Wildman–Crippen LogP) is 2.73. The van der Waals surface area contributed by atoms with Gasteiger partial charge in [0.25, 0.3) is 0 Å². The molecule has 1 aliphatic heterocycles. The summed E-state index contributed by atoms with van der Waals surface area (Å²) in [5.74, 6) is -0.921. The zero-order valence-electron chi connectivity index (χ0n) is 18.1. The molecule has 2 aromatic carbocycles. The highest BCUT2D eigenvalue weighted by Crippen LogP contribution is 2.31. The van der Waals surface area contributed by atoms with Crippen molar-refractivity contribution in [1.82, 2.24) is 14.8 Å². The normalized spacial score (nSPS) is 15.3. The van der Waals surface area contributed by atoms with Crippen LogP contribution in [0.15, 0.2) is 54.6 Å². The summed E-state index contributed by atoms with van der Waals surface area (Å²) in [6.07, 6.45) is 0. The minimum Gasteiger partial charge on any atom is -0.478 e. The summed E-state index contributed by atoms with van der Waals surface area (Å²) in [6.45, 7) is 5.88. The number of aliphatic hydroxyl groups excluding tert-OH is 1. The fourth-order valence-corrected chi connectivity index (χ4v) is 4.24. The second kappa shape index (κ2) is 10.7. The van der Waals surface area contributed by atoms with E-state index in [1.54, 1.807) is 0 Å². The average molecular weight is 436 g/mol. The van der Waals surface area contributed by atoms with E-state index in [2.05, 4.69) is 9.80 Å². The molecule has 2 heterocycles. The molecule has 0 radical (unpaired) electrons. The highest BCUT2D eigenvalue weighted by molar-refractivity contribution is 6.05. The minimum atomic E-state index is -0.921. The number of ether oxygens (including phenoxy) is 1. The van der Waals surface area contributed by atoms with Crippen LogP contribution in [0, 0.1) is 0 Å². The van der Waals surface area contributed by atoms with Gasteiger partial charge >= 0.3 is 5.97 Å². The highest BCUT2D eigenvalue weighted by atomic mass is 16.5. The van der Waals surface area contributed by atoms with Crippen LogP contribution < -0.4 is 0 Å². The molecule has 0 unspecified atom stereocenters. The molecule has 0 bridgehead atoms. The van der Waals surface area contributed by atoms with Gasteiger partial charge in [-0.25, -0.2) is 9.78 Å². The SMILES string of the molecule is O=C(O)c1c(CN2CCN(CCOCCO)CC2)c(-c2ccccc2)nc2ccccc12. The third kappa shape index (κ3) is 5.14. The Balaban J connectivity index is 1.60. The van der Waals surface area contributed by atoms with Crippen LogP contribution in [0.3, 0.4) is 0 Å². The van der Waals surface area contributed by atoms with Crippen molar-refractivity contribution in [1.29, 1.82) is 0 Å².